The Morgan fingerprint density at radius 3 is 1.91 bits per heavy atom. The molecule has 3 aromatic carbocycles. The predicted molar refractivity (Wildman–Crippen MR) is 77.1 cm³/mol. The number of fused-ring (bicyclic) bond motifs is 2. The molecule has 0 unspecified atom stereocenters. The molecule has 7 heteroatoms. The Bertz CT molecular complexity index is 963. The molecule has 0 amide bonds. The molecule has 0 aliphatic carbocycles. The Kier molecular flexibility index (Phi) is 3.25. The minimum absolute atomic E-state index is 0.375. The average Bonchev–Trinajstić information content (AvgIpc) is 2.43. The highest BCUT2D eigenvalue weighted by atomic mass is 32.2. The summed E-state index contributed by atoms with van der Waals surface area (Å²) in [5.41, 5.74) is -5.45. The predicted octanol–water partition coefficient (Wildman–Crippen LogP) is 4.22. The zero-order valence-corrected chi connectivity index (χ0v) is 11.8. The Morgan fingerprint density at radius 2 is 1.32 bits per heavy atom. The summed E-state index contributed by atoms with van der Waals surface area (Å²) in [4.78, 5) is 0. The molecule has 0 aromatic heterocycles. The molecule has 0 aliphatic rings. The lowest BCUT2D eigenvalue weighted by Gasteiger charge is -2.10. The van der Waals surface area contributed by atoms with Gasteiger partial charge in [0.25, 0.3) is 0 Å². The molecular weight excluding hydrogens is 317 g/mol. The molecular formula is C15H9F3O3S. The molecule has 0 N–H and O–H groups in total. The maximum Gasteiger partial charge on any atom is 0.534 e. The van der Waals surface area contributed by atoms with Gasteiger partial charge in [0, 0.05) is 0 Å². The molecule has 3 rings (SSSR count). The van der Waals surface area contributed by atoms with Crippen LogP contribution in [0.3, 0.4) is 0 Å². The van der Waals surface area contributed by atoms with Crippen LogP contribution in [0.5, 0.6) is 5.75 Å². The van der Waals surface area contributed by atoms with Gasteiger partial charge in [0.05, 0.1) is 0 Å². The van der Waals surface area contributed by atoms with Crippen molar-refractivity contribution in [3.05, 3.63) is 54.6 Å². The second kappa shape index (κ2) is 4.88. The zero-order valence-electron chi connectivity index (χ0n) is 11.0. The van der Waals surface area contributed by atoms with E-state index in [0.717, 1.165) is 16.2 Å². The first-order chi connectivity index (χ1) is 10.3. The fraction of sp³-hybridized carbons (Fsp3) is 0.0667. The van der Waals surface area contributed by atoms with Crippen LogP contribution in [0.15, 0.2) is 54.6 Å². The summed E-state index contributed by atoms with van der Waals surface area (Å²) in [6.07, 6.45) is 0. The van der Waals surface area contributed by atoms with Crippen LogP contribution < -0.4 is 4.18 Å². The summed E-state index contributed by atoms with van der Waals surface area (Å²) in [6, 6.07) is 15.1. The summed E-state index contributed by atoms with van der Waals surface area (Å²) < 4.78 is 63.2. The highest BCUT2D eigenvalue weighted by molar-refractivity contribution is 7.88. The van der Waals surface area contributed by atoms with Gasteiger partial charge in [-0.1, -0.05) is 30.3 Å². The van der Waals surface area contributed by atoms with Gasteiger partial charge in [0.15, 0.2) is 0 Å². The van der Waals surface area contributed by atoms with Crippen molar-refractivity contribution >= 4 is 31.7 Å². The summed E-state index contributed by atoms with van der Waals surface area (Å²) in [5, 5.41) is 3.24. The molecule has 0 heterocycles. The lowest BCUT2D eigenvalue weighted by molar-refractivity contribution is -0.0500. The van der Waals surface area contributed by atoms with Crippen molar-refractivity contribution in [3.63, 3.8) is 0 Å². The van der Waals surface area contributed by atoms with Crippen LogP contribution in [0.1, 0.15) is 0 Å². The van der Waals surface area contributed by atoms with Crippen molar-refractivity contribution in [1.29, 1.82) is 0 Å². The normalized spacial score (nSPS) is 12.7. The first-order valence-electron chi connectivity index (χ1n) is 6.20. The SMILES string of the molecule is O=S(=O)(Oc1ccc2cc3ccccc3cc2c1)C(F)(F)F. The number of hydrogen-bond donors (Lipinski definition) is 0. The first-order valence-corrected chi connectivity index (χ1v) is 7.60. The quantitative estimate of drug-likeness (QED) is 0.402. The van der Waals surface area contributed by atoms with Crippen molar-refractivity contribution in [1.82, 2.24) is 0 Å². The number of hydrogen-bond acceptors (Lipinski definition) is 3. The Labute approximate surface area is 124 Å². The van der Waals surface area contributed by atoms with Gasteiger partial charge in [0.2, 0.25) is 0 Å². The van der Waals surface area contributed by atoms with Crippen LogP contribution in [0.2, 0.25) is 0 Å². The monoisotopic (exact) mass is 326 g/mol. The van der Waals surface area contributed by atoms with Gasteiger partial charge in [-0.05, 0) is 45.8 Å². The largest absolute Gasteiger partial charge is 0.534 e. The van der Waals surface area contributed by atoms with Crippen molar-refractivity contribution in [3.8, 4) is 5.75 Å². The summed E-state index contributed by atoms with van der Waals surface area (Å²) in [5.74, 6) is -0.375. The first kappa shape index (κ1) is 14.6. The maximum absolute atomic E-state index is 12.3. The highest BCUT2D eigenvalue weighted by Crippen LogP contribution is 2.30. The third-order valence-corrected chi connectivity index (χ3v) is 4.14. The average molecular weight is 326 g/mol. The smallest absolute Gasteiger partial charge is 0.376 e. The molecule has 0 saturated carbocycles. The van der Waals surface area contributed by atoms with Gasteiger partial charge < -0.3 is 4.18 Å². The molecule has 0 spiro atoms. The lowest BCUT2D eigenvalue weighted by atomic mass is 10.0. The summed E-state index contributed by atoms with van der Waals surface area (Å²) in [6.45, 7) is 0. The maximum atomic E-state index is 12.3. The van der Waals surface area contributed by atoms with E-state index in [1.165, 1.54) is 18.2 Å². The number of benzene rings is 3. The van der Waals surface area contributed by atoms with E-state index in [4.69, 9.17) is 0 Å². The third-order valence-electron chi connectivity index (χ3n) is 3.17. The van der Waals surface area contributed by atoms with E-state index in [1.54, 1.807) is 6.07 Å². The van der Waals surface area contributed by atoms with Crippen LogP contribution in [0.4, 0.5) is 13.2 Å². The summed E-state index contributed by atoms with van der Waals surface area (Å²) >= 11 is 0. The van der Waals surface area contributed by atoms with Gasteiger partial charge in [-0.15, -0.1) is 0 Å². The van der Waals surface area contributed by atoms with E-state index < -0.39 is 15.6 Å². The fourth-order valence-corrected chi connectivity index (χ4v) is 2.60. The number of alkyl halides is 3. The lowest BCUT2D eigenvalue weighted by Crippen LogP contribution is -2.28. The minimum atomic E-state index is -5.66. The molecule has 0 radical (unpaired) electrons. The van der Waals surface area contributed by atoms with Crippen molar-refractivity contribution in [2.45, 2.75) is 5.51 Å². The van der Waals surface area contributed by atoms with Crippen LogP contribution >= 0.6 is 0 Å². The van der Waals surface area contributed by atoms with E-state index in [1.807, 2.05) is 30.3 Å². The second-order valence-electron chi connectivity index (χ2n) is 4.69. The zero-order chi connectivity index (χ0) is 16.0. The molecule has 0 saturated heterocycles. The van der Waals surface area contributed by atoms with Crippen molar-refractivity contribution in [2.24, 2.45) is 0 Å². The molecule has 3 aromatic rings. The van der Waals surface area contributed by atoms with E-state index in [-0.39, 0.29) is 5.75 Å². The standard InChI is InChI=1S/C15H9F3O3S/c16-15(17,18)22(19,20)21-14-6-5-12-7-10-3-1-2-4-11(10)8-13(12)9-14/h1-9H. The molecule has 0 aliphatic heterocycles. The van der Waals surface area contributed by atoms with Gasteiger partial charge in [-0.25, -0.2) is 0 Å². The van der Waals surface area contributed by atoms with Crippen molar-refractivity contribution in [2.75, 3.05) is 0 Å². The van der Waals surface area contributed by atoms with Crippen LogP contribution in [0.25, 0.3) is 21.5 Å². The Morgan fingerprint density at radius 1 is 0.773 bits per heavy atom. The van der Waals surface area contributed by atoms with E-state index in [2.05, 4.69) is 4.18 Å². The second-order valence-corrected chi connectivity index (χ2v) is 6.23. The Hall–Kier alpha value is -2.28. The molecule has 0 bridgehead atoms. The topological polar surface area (TPSA) is 43.4 Å². The van der Waals surface area contributed by atoms with E-state index >= 15 is 0 Å². The van der Waals surface area contributed by atoms with Gasteiger partial charge in [-0.2, -0.15) is 21.6 Å². The number of halogens is 3. The highest BCUT2D eigenvalue weighted by Gasteiger charge is 2.48. The van der Waals surface area contributed by atoms with Crippen LogP contribution in [-0.2, 0) is 10.1 Å². The fourth-order valence-electron chi connectivity index (χ4n) is 2.14. The van der Waals surface area contributed by atoms with E-state index in [9.17, 15) is 21.6 Å². The van der Waals surface area contributed by atoms with Crippen LogP contribution in [0, 0.1) is 0 Å². The van der Waals surface area contributed by atoms with Crippen molar-refractivity contribution < 1.29 is 25.8 Å². The molecule has 114 valence electrons. The molecule has 3 nitrogen and oxygen atoms in total. The molecule has 22 heavy (non-hydrogen) atoms. The van der Waals surface area contributed by atoms with Crippen LogP contribution in [-0.4, -0.2) is 13.9 Å². The Balaban J connectivity index is 2.08. The third kappa shape index (κ3) is 2.59. The molecule has 0 fully saturated rings. The summed E-state index contributed by atoms with van der Waals surface area (Å²) in [7, 11) is -5.66. The van der Waals surface area contributed by atoms with E-state index in [0.29, 0.717) is 5.39 Å². The number of rotatable bonds is 2. The van der Waals surface area contributed by atoms with Gasteiger partial charge in [0.1, 0.15) is 5.75 Å². The van der Waals surface area contributed by atoms with Gasteiger partial charge >= 0.3 is 15.6 Å². The molecule has 0 atom stereocenters. The minimum Gasteiger partial charge on any atom is -0.376 e. The van der Waals surface area contributed by atoms with Gasteiger partial charge in [-0.3, -0.25) is 0 Å².